The van der Waals surface area contributed by atoms with Gasteiger partial charge in [-0.05, 0) is 72.5 Å². The normalized spacial score (nSPS) is 14.7. The van der Waals surface area contributed by atoms with E-state index < -0.39 is 5.97 Å². The van der Waals surface area contributed by atoms with E-state index in [0.717, 1.165) is 52.6 Å². The maximum Gasteiger partial charge on any atom is 0.356 e. The van der Waals surface area contributed by atoms with E-state index in [1.165, 1.54) is 0 Å². The first-order chi connectivity index (χ1) is 9.66. The molecule has 0 bridgehead atoms. The Morgan fingerprint density at radius 3 is 2.55 bits per heavy atom. The second kappa shape index (κ2) is 5.55. The van der Waals surface area contributed by atoms with Gasteiger partial charge in [-0.15, -0.1) is 0 Å². The van der Waals surface area contributed by atoms with Gasteiger partial charge in [0.1, 0.15) is 0 Å². The lowest BCUT2D eigenvalue weighted by Gasteiger charge is -2.07. The second-order valence-electron chi connectivity index (χ2n) is 5.03. The van der Waals surface area contributed by atoms with Gasteiger partial charge in [0.15, 0.2) is 5.69 Å². The molecule has 1 aromatic heterocycles. The van der Waals surface area contributed by atoms with Crippen LogP contribution >= 0.6 is 22.6 Å². The highest BCUT2D eigenvalue weighted by atomic mass is 127. The molecule has 0 radical (unpaired) electrons. The molecule has 1 aliphatic rings. The van der Waals surface area contributed by atoms with Gasteiger partial charge in [-0.3, -0.25) is 0 Å². The van der Waals surface area contributed by atoms with E-state index in [9.17, 15) is 9.90 Å². The van der Waals surface area contributed by atoms with E-state index in [0.29, 0.717) is 0 Å². The summed E-state index contributed by atoms with van der Waals surface area (Å²) in [6.45, 7) is 0. The Balaban J connectivity index is 2.15. The molecule has 5 heteroatoms. The second-order valence-corrected chi connectivity index (χ2v) is 6.27. The van der Waals surface area contributed by atoms with E-state index in [1.54, 1.807) is 0 Å². The van der Waals surface area contributed by atoms with Crippen molar-refractivity contribution in [3.63, 3.8) is 0 Å². The lowest BCUT2D eigenvalue weighted by Crippen LogP contribution is -2.04. The van der Waals surface area contributed by atoms with E-state index >= 15 is 0 Å². The molecule has 0 spiro atoms. The Labute approximate surface area is 130 Å². The number of aromatic carboxylic acids is 1. The van der Waals surface area contributed by atoms with Crippen molar-refractivity contribution >= 4 is 28.6 Å². The molecule has 1 aromatic carbocycles. The lowest BCUT2D eigenvalue weighted by molar-refractivity contribution is 0.0688. The zero-order valence-electron chi connectivity index (χ0n) is 11.0. The molecule has 0 fully saturated rings. The topological polar surface area (TPSA) is 55.1 Å². The zero-order valence-corrected chi connectivity index (χ0v) is 13.1. The highest BCUT2D eigenvalue weighted by Gasteiger charge is 2.24. The predicted octanol–water partition coefficient (Wildman–Crippen LogP) is 3.44. The van der Waals surface area contributed by atoms with Crippen LogP contribution in [0, 0.1) is 3.57 Å². The smallest absolute Gasteiger partial charge is 0.356 e. The predicted molar refractivity (Wildman–Crippen MR) is 84.5 cm³/mol. The van der Waals surface area contributed by atoms with E-state index in [1.807, 2.05) is 28.9 Å². The molecule has 2 aromatic rings. The molecule has 20 heavy (non-hydrogen) atoms. The van der Waals surface area contributed by atoms with Crippen molar-refractivity contribution < 1.29 is 9.90 Å². The molecule has 0 saturated heterocycles. The van der Waals surface area contributed by atoms with Crippen LogP contribution in [0.4, 0.5) is 0 Å². The van der Waals surface area contributed by atoms with E-state index in [-0.39, 0.29) is 5.69 Å². The third-order valence-corrected chi connectivity index (χ3v) is 4.42. The van der Waals surface area contributed by atoms with Crippen molar-refractivity contribution in [2.24, 2.45) is 0 Å². The number of benzene rings is 1. The van der Waals surface area contributed by atoms with Gasteiger partial charge in [-0.1, -0.05) is 6.42 Å². The Kier molecular flexibility index (Phi) is 3.78. The summed E-state index contributed by atoms with van der Waals surface area (Å²) in [5.74, 6) is -0.924. The Morgan fingerprint density at radius 2 is 1.85 bits per heavy atom. The average Bonchev–Trinajstić information content (AvgIpc) is 2.63. The van der Waals surface area contributed by atoms with Crippen molar-refractivity contribution in [1.29, 1.82) is 0 Å². The maximum absolute atomic E-state index is 11.4. The van der Waals surface area contributed by atoms with Crippen LogP contribution in [0.25, 0.3) is 5.69 Å². The number of nitrogens with zero attached hydrogens (tertiary/aromatic N) is 2. The van der Waals surface area contributed by atoms with Gasteiger partial charge in [-0.25, -0.2) is 9.48 Å². The van der Waals surface area contributed by atoms with Crippen LogP contribution in [0.1, 0.15) is 41.0 Å². The Morgan fingerprint density at radius 1 is 1.15 bits per heavy atom. The summed E-state index contributed by atoms with van der Waals surface area (Å²) in [5, 5.41) is 13.7. The molecule has 0 unspecified atom stereocenters. The minimum absolute atomic E-state index is 0.223. The van der Waals surface area contributed by atoms with E-state index in [2.05, 4.69) is 27.7 Å². The summed E-state index contributed by atoms with van der Waals surface area (Å²) in [7, 11) is 0. The summed E-state index contributed by atoms with van der Waals surface area (Å²) in [5.41, 5.74) is 3.16. The van der Waals surface area contributed by atoms with Crippen LogP contribution in [0.3, 0.4) is 0 Å². The number of carbonyl (C=O) groups is 1. The van der Waals surface area contributed by atoms with Gasteiger partial charge in [0.25, 0.3) is 0 Å². The summed E-state index contributed by atoms with van der Waals surface area (Å²) in [4.78, 5) is 11.4. The molecule has 3 rings (SSSR count). The summed E-state index contributed by atoms with van der Waals surface area (Å²) >= 11 is 2.26. The number of hydrogen-bond acceptors (Lipinski definition) is 2. The SMILES string of the molecule is O=C(O)c1nn(-c2ccc(I)cc2)c2c1CCCCC2. The first-order valence-electron chi connectivity index (χ1n) is 6.77. The molecule has 0 aliphatic heterocycles. The average molecular weight is 382 g/mol. The van der Waals surface area contributed by atoms with Gasteiger partial charge in [-0.2, -0.15) is 5.10 Å². The highest BCUT2D eigenvalue weighted by Crippen LogP contribution is 2.26. The number of hydrogen-bond donors (Lipinski definition) is 1. The van der Waals surface area contributed by atoms with Crippen LogP contribution in [-0.4, -0.2) is 20.9 Å². The molecular weight excluding hydrogens is 367 g/mol. The monoisotopic (exact) mass is 382 g/mol. The fourth-order valence-electron chi connectivity index (χ4n) is 2.74. The number of halogens is 1. The Hall–Kier alpha value is -1.37. The lowest BCUT2D eigenvalue weighted by atomic mass is 10.1. The highest BCUT2D eigenvalue weighted by molar-refractivity contribution is 14.1. The van der Waals surface area contributed by atoms with Crippen molar-refractivity contribution in [2.45, 2.75) is 32.1 Å². The van der Waals surface area contributed by atoms with Gasteiger partial charge in [0, 0.05) is 14.8 Å². The quantitative estimate of drug-likeness (QED) is 0.640. The largest absolute Gasteiger partial charge is 0.476 e. The van der Waals surface area contributed by atoms with Gasteiger partial charge < -0.3 is 5.11 Å². The molecule has 0 amide bonds. The molecular formula is C15H15IN2O2. The Bertz CT molecular complexity index is 647. The van der Waals surface area contributed by atoms with Gasteiger partial charge >= 0.3 is 5.97 Å². The number of carboxylic acid groups (broad SMARTS) is 1. The summed E-state index contributed by atoms with van der Waals surface area (Å²) in [6, 6.07) is 8.01. The molecule has 1 N–H and O–H groups in total. The molecule has 0 atom stereocenters. The van der Waals surface area contributed by atoms with Gasteiger partial charge in [0.2, 0.25) is 0 Å². The van der Waals surface area contributed by atoms with Crippen LogP contribution < -0.4 is 0 Å². The fourth-order valence-corrected chi connectivity index (χ4v) is 3.10. The van der Waals surface area contributed by atoms with E-state index in [4.69, 9.17) is 0 Å². The van der Waals surface area contributed by atoms with Crippen molar-refractivity contribution in [3.8, 4) is 5.69 Å². The third kappa shape index (κ3) is 2.46. The summed E-state index contributed by atoms with van der Waals surface area (Å²) in [6.07, 6.45) is 5.02. The standard InChI is InChI=1S/C15H15IN2O2/c16-10-6-8-11(9-7-10)18-13-5-3-1-2-4-12(13)14(17-18)15(19)20/h6-9H,1-5H2,(H,19,20). The molecule has 4 nitrogen and oxygen atoms in total. The van der Waals surface area contributed by atoms with Crippen molar-refractivity contribution in [3.05, 3.63) is 44.8 Å². The molecule has 1 heterocycles. The minimum Gasteiger partial charge on any atom is -0.476 e. The summed E-state index contributed by atoms with van der Waals surface area (Å²) < 4.78 is 2.98. The molecule has 0 saturated carbocycles. The van der Waals surface area contributed by atoms with Gasteiger partial charge in [0.05, 0.1) is 5.69 Å². The first kappa shape index (κ1) is 13.6. The van der Waals surface area contributed by atoms with Crippen LogP contribution in [0.5, 0.6) is 0 Å². The minimum atomic E-state index is -0.924. The maximum atomic E-state index is 11.4. The number of fused-ring (bicyclic) bond motifs is 1. The number of carboxylic acids is 1. The van der Waals surface area contributed by atoms with Crippen LogP contribution in [0.2, 0.25) is 0 Å². The van der Waals surface area contributed by atoms with Crippen LogP contribution in [-0.2, 0) is 12.8 Å². The molecule has 104 valence electrons. The van der Waals surface area contributed by atoms with Crippen molar-refractivity contribution in [1.82, 2.24) is 9.78 Å². The fraction of sp³-hybridized carbons (Fsp3) is 0.333. The third-order valence-electron chi connectivity index (χ3n) is 3.70. The molecule has 1 aliphatic carbocycles. The first-order valence-corrected chi connectivity index (χ1v) is 7.84. The number of aromatic nitrogens is 2. The number of rotatable bonds is 2. The van der Waals surface area contributed by atoms with Crippen molar-refractivity contribution in [2.75, 3.05) is 0 Å². The van der Waals surface area contributed by atoms with Crippen LogP contribution in [0.15, 0.2) is 24.3 Å². The zero-order chi connectivity index (χ0) is 14.1.